The van der Waals surface area contributed by atoms with E-state index in [0.29, 0.717) is 6.00 Å². The van der Waals surface area contributed by atoms with Crippen molar-refractivity contribution in [2.24, 2.45) is 0 Å². The molecule has 1 aromatic carbocycles. The Labute approximate surface area is 95.6 Å². The van der Waals surface area contributed by atoms with Crippen LogP contribution in [0.25, 0.3) is 11.1 Å². The standard InChI is InChI=1S/C10H8BrClN2/c11-10-3-1-8(2-4-10)9-5-13-14(6-9)7-12/h1-6H,7H2. The Morgan fingerprint density at radius 3 is 2.50 bits per heavy atom. The maximum Gasteiger partial charge on any atom is 0.115 e. The first-order valence-electron chi connectivity index (χ1n) is 4.14. The van der Waals surface area contributed by atoms with Crippen LogP contribution < -0.4 is 0 Å². The third kappa shape index (κ3) is 1.99. The van der Waals surface area contributed by atoms with Gasteiger partial charge in [0.15, 0.2) is 0 Å². The van der Waals surface area contributed by atoms with Crippen molar-refractivity contribution in [2.45, 2.75) is 6.00 Å². The van der Waals surface area contributed by atoms with Crippen LogP contribution in [0.2, 0.25) is 0 Å². The second-order valence-electron chi connectivity index (χ2n) is 2.89. The first kappa shape index (κ1) is 9.74. The fourth-order valence-electron chi connectivity index (χ4n) is 1.22. The van der Waals surface area contributed by atoms with E-state index in [1.165, 1.54) is 0 Å². The molecule has 0 N–H and O–H groups in total. The summed E-state index contributed by atoms with van der Waals surface area (Å²) in [5.41, 5.74) is 2.22. The van der Waals surface area contributed by atoms with Gasteiger partial charge in [0.1, 0.15) is 6.00 Å². The van der Waals surface area contributed by atoms with Gasteiger partial charge in [-0.3, -0.25) is 4.68 Å². The van der Waals surface area contributed by atoms with Gasteiger partial charge >= 0.3 is 0 Å². The third-order valence-corrected chi connectivity index (χ3v) is 2.71. The fraction of sp³-hybridized carbons (Fsp3) is 0.100. The quantitative estimate of drug-likeness (QED) is 0.764. The molecule has 1 aromatic heterocycles. The first-order valence-corrected chi connectivity index (χ1v) is 5.47. The lowest BCUT2D eigenvalue weighted by Crippen LogP contribution is -1.89. The molecule has 0 spiro atoms. The Morgan fingerprint density at radius 1 is 1.21 bits per heavy atom. The Kier molecular flexibility index (Phi) is 2.89. The molecule has 0 aliphatic rings. The van der Waals surface area contributed by atoms with E-state index in [2.05, 4.69) is 21.0 Å². The zero-order valence-corrected chi connectivity index (χ0v) is 9.66. The van der Waals surface area contributed by atoms with Crippen LogP contribution in [0.1, 0.15) is 0 Å². The van der Waals surface area contributed by atoms with Gasteiger partial charge in [0, 0.05) is 16.2 Å². The normalized spacial score (nSPS) is 10.4. The number of benzene rings is 1. The van der Waals surface area contributed by atoms with Crippen LogP contribution in [0.15, 0.2) is 41.1 Å². The molecule has 4 heteroatoms. The summed E-state index contributed by atoms with van der Waals surface area (Å²) in [6.07, 6.45) is 3.74. The molecule has 14 heavy (non-hydrogen) atoms. The average Bonchev–Trinajstić information content (AvgIpc) is 2.67. The molecule has 0 saturated carbocycles. The van der Waals surface area contributed by atoms with E-state index in [9.17, 15) is 0 Å². The summed E-state index contributed by atoms with van der Waals surface area (Å²) in [7, 11) is 0. The van der Waals surface area contributed by atoms with Gasteiger partial charge in [-0.05, 0) is 17.7 Å². The van der Waals surface area contributed by atoms with Crippen molar-refractivity contribution in [3.05, 3.63) is 41.1 Å². The molecule has 2 nitrogen and oxygen atoms in total. The number of nitrogens with zero attached hydrogens (tertiary/aromatic N) is 2. The van der Waals surface area contributed by atoms with Crippen LogP contribution in [-0.4, -0.2) is 9.78 Å². The van der Waals surface area contributed by atoms with Crippen LogP contribution in [0.4, 0.5) is 0 Å². The Bertz CT molecular complexity index is 422. The van der Waals surface area contributed by atoms with Crippen molar-refractivity contribution in [1.29, 1.82) is 0 Å². The maximum atomic E-state index is 5.65. The van der Waals surface area contributed by atoms with Gasteiger partial charge in [-0.2, -0.15) is 5.10 Å². The third-order valence-electron chi connectivity index (χ3n) is 1.93. The number of alkyl halides is 1. The molecule has 0 bridgehead atoms. The zero-order chi connectivity index (χ0) is 9.97. The minimum atomic E-state index is 0.385. The summed E-state index contributed by atoms with van der Waals surface area (Å²) in [6, 6.07) is 8.48. The largest absolute Gasteiger partial charge is 0.257 e. The van der Waals surface area contributed by atoms with Crippen molar-refractivity contribution in [3.63, 3.8) is 0 Å². The van der Waals surface area contributed by atoms with E-state index in [0.717, 1.165) is 15.6 Å². The van der Waals surface area contributed by atoms with Crippen LogP contribution in [-0.2, 0) is 6.00 Å². The zero-order valence-electron chi connectivity index (χ0n) is 7.32. The summed E-state index contributed by atoms with van der Waals surface area (Å²) in [6.45, 7) is 0. The number of aromatic nitrogens is 2. The molecule has 0 aliphatic carbocycles. The number of hydrogen-bond donors (Lipinski definition) is 0. The molecular formula is C10H8BrClN2. The van der Waals surface area contributed by atoms with Gasteiger partial charge in [-0.25, -0.2) is 0 Å². The SMILES string of the molecule is ClCn1cc(-c2ccc(Br)cc2)cn1. The highest BCUT2D eigenvalue weighted by Gasteiger charge is 2.00. The van der Waals surface area contributed by atoms with Crippen molar-refractivity contribution in [1.82, 2.24) is 9.78 Å². The van der Waals surface area contributed by atoms with E-state index >= 15 is 0 Å². The van der Waals surface area contributed by atoms with Gasteiger partial charge in [0.2, 0.25) is 0 Å². The molecule has 0 unspecified atom stereocenters. The minimum Gasteiger partial charge on any atom is -0.257 e. The Hall–Kier alpha value is -0.800. The van der Waals surface area contributed by atoms with Gasteiger partial charge in [-0.15, -0.1) is 11.6 Å². The fourth-order valence-corrected chi connectivity index (χ4v) is 1.62. The lowest BCUT2D eigenvalue weighted by atomic mass is 10.1. The first-order chi connectivity index (χ1) is 6.79. The molecule has 0 amide bonds. The second kappa shape index (κ2) is 4.15. The smallest absolute Gasteiger partial charge is 0.115 e. The average molecular weight is 272 g/mol. The summed E-state index contributed by atoms with van der Waals surface area (Å²) in [4.78, 5) is 0. The van der Waals surface area contributed by atoms with E-state index in [4.69, 9.17) is 11.6 Å². The number of halogens is 2. The molecule has 0 saturated heterocycles. The second-order valence-corrected chi connectivity index (χ2v) is 4.05. The lowest BCUT2D eigenvalue weighted by molar-refractivity contribution is 0.744. The highest BCUT2D eigenvalue weighted by atomic mass is 79.9. The van der Waals surface area contributed by atoms with Crippen molar-refractivity contribution in [3.8, 4) is 11.1 Å². The Morgan fingerprint density at radius 2 is 1.93 bits per heavy atom. The van der Waals surface area contributed by atoms with Gasteiger partial charge in [-0.1, -0.05) is 28.1 Å². The molecule has 72 valence electrons. The van der Waals surface area contributed by atoms with Crippen molar-refractivity contribution < 1.29 is 0 Å². The van der Waals surface area contributed by atoms with Crippen LogP contribution in [0.5, 0.6) is 0 Å². The van der Waals surface area contributed by atoms with Gasteiger partial charge in [0.25, 0.3) is 0 Å². The summed E-state index contributed by atoms with van der Waals surface area (Å²) in [5, 5.41) is 4.11. The molecular weight excluding hydrogens is 263 g/mol. The summed E-state index contributed by atoms with van der Waals surface area (Å²) < 4.78 is 2.77. The van der Waals surface area contributed by atoms with Crippen LogP contribution >= 0.6 is 27.5 Å². The molecule has 2 aromatic rings. The summed E-state index contributed by atoms with van der Waals surface area (Å²) in [5.74, 6) is 0. The molecule has 2 rings (SSSR count). The van der Waals surface area contributed by atoms with Crippen molar-refractivity contribution >= 4 is 27.5 Å². The highest BCUT2D eigenvalue weighted by Crippen LogP contribution is 2.20. The maximum absolute atomic E-state index is 5.65. The lowest BCUT2D eigenvalue weighted by Gasteiger charge is -1.96. The number of hydrogen-bond acceptors (Lipinski definition) is 1. The predicted octanol–water partition coefficient (Wildman–Crippen LogP) is 3.51. The van der Waals surface area contributed by atoms with E-state index in [1.807, 2.05) is 36.7 Å². The highest BCUT2D eigenvalue weighted by molar-refractivity contribution is 9.10. The molecule has 0 fully saturated rings. The monoisotopic (exact) mass is 270 g/mol. The van der Waals surface area contributed by atoms with E-state index < -0.39 is 0 Å². The van der Waals surface area contributed by atoms with Gasteiger partial charge in [0.05, 0.1) is 6.20 Å². The minimum absolute atomic E-state index is 0.385. The molecule has 0 atom stereocenters. The van der Waals surface area contributed by atoms with Crippen LogP contribution in [0.3, 0.4) is 0 Å². The summed E-state index contributed by atoms with van der Waals surface area (Å²) >= 11 is 9.04. The van der Waals surface area contributed by atoms with E-state index in [-0.39, 0.29) is 0 Å². The molecule has 1 heterocycles. The topological polar surface area (TPSA) is 17.8 Å². The molecule has 0 aliphatic heterocycles. The van der Waals surface area contributed by atoms with Gasteiger partial charge < -0.3 is 0 Å². The predicted molar refractivity (Wildman–Crippen MR) is 61.2 cm³/mol. The van der Waals surface area contributed by atoms with Crippen molar-refractivity contribution in [2.75, 3.05) is 0 Å². The van der Waals surface area contributed by atoms with E-state index in [1.54, 1.807) is 4.68 Å². The van der Waals surface area contributed by atoms with Crippen LogP contribution in [0, 0.1) is 0 Å². The molecule has 0 radical (unpaired) electrons. The number of rotatable bonds is 2. The Balaban J connectivity index is 2.34.